The second-order valence-corrected chi connectivity index (χ2v) is 8.77. The van der Waals surface area contributed by atoms with E-state index in [0.29, 0.717) is 18.6 Å². The van der Waals surface area contributed by atoms with Crippen LogP contribution in [-0.4, -0.2) is 34.0 Å². The van der Waals surface area contributed by atoms with Gasteiger partial charge in [0.25, 0.3) is 10.0 Å². The Labute approximate surface area is 174 Å². The number of nitrogens with one attached hydrogen (secondary N) is 3. The number of thiophene rings is 1. The molecule has 1 atom stereocenters. The molecule has 1 aromatic carbocycles. The number of carbonyl (C=O) groups excluding carboxylic acids is 2. The lowest BCUT2D eigenvalue weighted by Crippen LogP contribution is -2.37. The summed E-state index contributed by atoms with van der Waals surface area (Å²) in [5.41, 5.74) is 1.49. The summed E-state index contributed by atoms with van der Waals surface area (Å²) >= 11 is 1.55. The highest BCUT2D eigenvalue weighted by atomic mass is 32.2. The summed E-state index contributed by atoms with van der Waals surface area (Å²) in [4.78, 5) is 23.7. The molecule has 29 heavy (non-hydrogen) atoms. The first kappa shape index (κ1) is 22.7. The van der Waals surface area contributed by atoms with Crippen molar-refractivity contribution >= 4 is 33.3 Å². The first-order chi connectivity index (χ1) is 13.8. The topological polar surface area (TPSA) is 114 Å². The number of sulfonamides is 1. The maximum absolute atomic E-state index is 12.6. The molecular weight excluding hydrogens is 414 g/mol. The minimum atomic E-state index is -4.17. The summed E-state index contributed by atoms with van der Waals surface area (Å²) in [5, 5.41) is 8.98. The van der Waals surface area contributed by atoms with Gasteiger partial charge in [0, 0.05) is 7.05 Å². The number of amides is 3. The van der Waals surface area contributed by atoms with Crippen LogP contribution in [0, 0.1) is 0 Å². The van der Waals surface area contributed by atoms with Crippen molar-refractivity contribution in [3.63, 3.8) is 0 Å². The van der Waals surface area contributed by atoms with E-state index in [1.807, 2.05) is 35.4 Å². The molecule has 3 N–H and O–H groups in total. The molecule has 1 unspecified atom stereocenters. The third kappa shape index (κ3) is 6.47. The van der Waals surface area contributed by atoms with Crippen molar-refractivity contribution in [1.29, 1.82) is 0 Å². The highest BCUT2D eigenvalue weighted by molar-refractivity contribution is 7.90. The summed E-state index contributed by atoms with van der Waals surface area (Å²) in [6.45, 7) is 4.09. The van der Waals surface area contributed by atoms with Crippen molar-refractivity contribution in [2.24, 2.45) is 0 Å². The summed E-state index contributed by atoms with van der Waals surface area (Å²) in [5.74, 6) is -0.118. The molecule has 2 aromatic rings. The molecule has 0 fully saturated rings. The van der Waals surface area contributed by atoms with Crippen LogP contribution in [0.5, 0.6) is 5.75 Å². The van der Waals surface area contributed by atoms with E-state index in [1.54, 1.807) is 17.4 Å². The maximum Gasteiger partial charge on any atom is 0.328 e. The predicted molar refractivity (Wildman–Crippen MR) is 112 cm³/mol. The standard InChI is InChI=1S/C19H25N3O5S2/c1-4-8-27-16-6-5-14(10-17(16)29(25,26)22-19(24)20-3)11-18(23)21-13(2)15-7-9-28-12-15/h5-7,9-10,12-13H,4,8,11H2,1-3H3,(H,21,23)(H2,20,22,24). The fraction of sp³-hybridized carbons (Fsp3) is 0.368. The SMILES string of the molecule is CCCOc1ccc(CC(=O)NC(C)c2ccsc2)cc1S(=O)(=O)NC(=O)NC. The number of urea groups is 1. The molecule has 1 aromatic heterocycles. The Balaban J connectivity index is 2.22. The zero-order chi connectivity index (χ0) is 21.4. The molecular formula is C19H25N3O5S2. The van der Waals surface area contributed by atoms with E-state index in [1.165, 1.54) is 19.2 Å². The summed E-state index contributed by atoms with van der Waals surface area (Å²) in [6, 6.07) is 5.41. The van der Waals surface area contributed by atoms with Crippen molar-refractivity contribution in [3.05, 3.63) is 46.2 Å². The normalized spacial score (nSPS) is 12.1. The van der Waals surface area contributed by atoms with Gasteiger partial charge in [0.05, 0.1) is 19.1 Å². The maximum atomic E-state index is 12.6. The first-order valence-electron chi connectivity index (χ1n) is 9.08. The van der Waals surface area contributed by atoms with Crippen LogP contribution in [0.4, 0.5) is 4.79 Å². The van der Waals surface area contributed by atoms with Crippen LogP contribution in [0.3, 0.4) is 0 Å². The zero-order valence-corrected chi connectivity index (χ0v) is 18.2. The largest absolute Gasteiger partial charge is 0.492 e. The highest BCUT2D eigenvalue weighted by Crippen LogP contribution is 2.26. The van der Waals surface area contributed by atoms with Crippen LogP contribution in [0.1, 0.15) is 37.4 Å². The molecule has 3 amide bonds. The lowest BCUT2D eigenvalue weighted by atomic mass is 10.1. The van der Waals surface area contributed by atoms with Gasteiger partial charge in [-0.15, -0.1) is 0 Å². The van der Waals surface area contributed by atoms with Crippen molar-refractivity contribution in [2.75, 3.05) is 13.7 Å². The second-order valence-electron chi connectivity index (χ2n) is 6.34. The molecule has 0 saturated heterocycles. The molecule has 0 aliphatic heterocycles. The Bertz CT molecular complexity index is 943. The third-order valence-corrected chi connectivity index (χ3v) is 6.05. The van der Waals surface area contributed by atoms with E-state index in [2.05, 4.69) is 10.6 Å². The molecule has 1 heterocycles. The number of hydrogen-bond donors (Lipinski definition) is 3. The van der Waals surface area contributed by atoms with E-state index in [-0.39, 0.29) is 29.0 Å². The molecule has 0 radical (unpaired) electrons. The molecule has 0 aliphatic rings. The lowest BCUT2D eigenvalue weighted by Gasteiger charge is -2.15. The van der Waals surface area contributed by atoms with Gasteiger partial charge in [-0.05, 0) is 53.4 Å². The van der Waals surface area contributed by atoms with Crippen LogP contribution in [0.2, 0.25) is 0 Å². The van der Waals surface area contributed by atoms with Crippen molar-refractivity contribution in [3.8, 4) is 5.75 Å². The second kappa shape index (κ2) is 10.3. The number of ether oxygens (including phenoxy) is 1. The van der Waals surface area contributed by atoms with Gasteiger partial charge in [0.15, 0.2) is 0 Å². The van der Waals surface area contributed by atoms with E-state index in [4.69, 9.17) is 4.74 Å². The molecule has 0 spiro atoms. The Hall–Kier alpha value is -2.59. The van der Waals surface area contributed by atoms with Crippen molar-refractivity contribution < 1.29 is 22.7 Å². The quantitative estimate of drug-likeness (QED) is 0.556. The van der Waals surface area contributed by atoms with Crippen LogP contribution >= 0.6 is 11.3 Å². The first-order valence-corrected chi connectivity index (χ1v) is 11.5. The van der Waals surface area contributed by atoms with Crippen LogP contribution < -0.4 is 20.1 Å². The Kier molecular flexibility index (Phi) is 8.03. The monoisotopic (exact) mass is 439 g/mol. The number of benzene rings is 1. The molecule has 8 nitrogen and oxygen atoms in total. The summed E-state index contributed by atoms with van der Waals surface area (Å²) in [7, 11) is -2.85. The molecule has 2 rings (SSSR count). The van der Waals surface area contributed by atoms with E-state index in [9.17, 15) is 18.0 Å². The van der Waals surface area contributed by atoms with Crippen LogP contribution in [0.15, 0.2) is 39.9 Å². The molecule has 0 aliphatic carbocycles. The lowest BCUT2D eigenvalue weighted by molar-refractivity contribution is -0.121. The van der Waals surface area contributed by atoms with Crippen molar-refractivity contribution in [2.45, 2.75) is 37.6 Å². The average molecular weight is 440 g/mol. The number of hydrogen-bond acceptors (Lipinski definition) is 6. The Morgan fingerprint density at radius 3 is 2.62 bits per heavy atom. The molecule has 0 saturated carbocycles. The van der Waals surface area contributed by atoms with Gasteiger partial charge in [-0.2, -0.15) is 11.3 Å². The minimum Gasteiger partial charge on any atom is -0.492 e. The fourth-order valence-electron chi connectivity index (χ4n) is 2.51. The van der Waals surface area contributed by atoms with E-state index in [0.717, 1.165) is 5.56 Å². The Morgan fingerprint density at radius 2 is 2.00 bits per heavy atom. The van der Waals surface area contributed by atoms with Gasteiger partial charge in [0.2, 0.25) is 5.91 Å². The molecule has 158 valence electrons. The zero-order valence-electron chi connectivity index (χ0n) is 16.5. The summed E-state index contributed by atoms with van der Waals surface area (Å²) in [6.07, 6.45) is 0.679. The Morgan fingerprint density at radius 1 is 1.24 bits per heavy atom. The average Bonchev–Trinajstić information content (AvgIpc) is 3.21. The fourth-order valence-corrected chi connectivity index (χ4v) is 4.42. The minimum absolute atomic E-state index is 0.00890. The van der Waals surface area contributed by atoms with Crippen molar-refractivity contribution in [1.82, 2.24) is 15.4 Å². The van der Waals surface area contributed by atoms with Crippen LogP contribution in [-0.2, 0) is 21.2 Å². The van der Waals surface area contributed by atoms with Crippen LogP contribution in [0.25, 0.3) is 0 Å². The highest BCUT2D eigenvalue weighted by Gasteiger charge is 2.23. The number of rotatable bonds is 9. The van der Waals surface area contributed by atoms with E-state index >= 15 is 0 Å². The van der Waals surface area contributed by atoms with Gasteiger partial charge in [0.1, 0.15) is 10.6 Å². The van der Waals surface area contributed by atoms with Gasteiger partial charge in [-0.3, -0.25) is 4.79 Å². The smallest absolute Gasteiger partial charge is 0.328 e. The van der Waals surface area contributed by atoms with E-state index < -0.39 is 16.1 Å². The molecule has 0 bridgehead atoms. The number of carbonyl (C=O) groups is 2. The van der Waals surface area contributed by atoms with Gasteiger partial charge < -0.3 is 15.4 Å². The summed E-state index contributed by atoms with van der Waals surface area (Å²) < 4.78 is 32.6. The third-order valence-electron chi connectivity index (χ3n) is 4.00. The predicted octanol–water partition coefficient (Wildman–Crippen LogP) is 2.57. The van der Waals surface area contributed by atoms with Gasteiger partial charge in [-0.25, -0.2) is 17.9 Å². The van der Waals surface area contributed by atoms with Gasteiger partial charge in [-0.1, -0.05) is 13.0 Å². The van der Waals surface area contributed by atoms with Gasteiger partial charge >= 0.3 is 6.03 Å². The molecule has 10 heteroatoms.